The van der Waals surface area contributed by atoms with Crippen LogP contribution in [-0.4, -0.2) is 33.9 Å². The van der Waals surface area contributed by atoms with Gasteiger partial charge in [0.2, 0.25) is 11.8 Å². The van der Waals surface area contributed by atoms with Gasteiger partial charge in [0.15, 0.2) is 5.25 Å². The lowest BCUT2D eigenvalue weighted by molar-refractivity contribution is -0.137. The Balaban J connectivity index is 3.47. The van der Waals surface area contributed by atoms with Gasteiger partial charge in [-0.3, -0.25) is 14.4 Å². The first-order chi connectivity index (χ1) is 8.45. The molecule has 0 bridgehead atoms. The van der Waals surface area contributed by atoms with Crippen LogP contribution in [0.25, 0.3) is 0 Å². The van der Waals surface area contributed by atoms with Crippen LogP contribution in [0.1, 0.15) is 38.5 Å². The number of hydrogen-bond donors (Lipinski definition) is 3. The molecule has 0 aliphatic heterocycles. The Morgan fingerprint density at radius 1 is 0.944 bits per heavy atom. The summed E-state index contributed by atoms with van der Waals surface area (Å²) in [5.41, 5.74) is 10.1. The van der Waals surface area contributed by atoms with Crippen molar-refractivity contribution in [1.82, 2.24) is 0 Å². The van der Waals surface area contributed by atoms with Crippen molar-refractivity contribution in [2.24, 2.45) is 11.5 Å². The molecule has 0 radical (unpaired) electrons. The molecule has 104 valence electrons. The number of primary amides is 2. The lowest BCUT2D eigenvalue weighted by Gasteiger charge is -2.08. The van der Waals surface area contributed by atoms with Crippen LogP contribution in [0.3, 0.4) is 0 Å². The van der Waals surface area contributed by atoms with E-state index in [0.717, 1.165) is 37.4 Å². The molecule has 0 saturated carbocycles. The molecule has 7 heteroatoms. The highest BCUT2D eigenvalue weighted by atomic mass is 32.2. The smallest absolute Gasteiger partial charge is 0.303 e. The number of aliphatic carboxylic acids is 1. The van der Waals surface area contributed by atoms with E-state index in [4.69, 9.17) is 16.6 Å². The molecule has 0 aliphatic carbocycles. The van der Waals surface area contributed by atoms with Crippen molar-refractivity contribution >= 4 is 29.5 Å². The fourth-order valence-electron chi connectivity index (χ4n) is 1.41. The first-order valence-corrected chi connectivity index (χ1v) is 6.92. The van der Waals surface area contributed by atoms with Crippen LogP contribution in [0.2, 0.25) is 0 Å². The third-order valence-corrected chi connectivity index (χ3v) is 3.66. The fourth-order valence-corrected chi connectivity index (χ4v) is 2.35. The predicted molar refractivity (Wildman–Crippen MR) is 70.0 cm³/mol. The molecule has 0 aromatic heterocycles. The largest absolute Gasteiger partial charge is 0.481 e. The zero-order valence-corrected chi connectivity index (χ0v) is 11.1. The number of carbonyl (C=O) groups is 3. The summed E-state index contributed by atoms with van der Waals surface area (Å²) in [6.45, 7) is 0. The number of nitrogens with two attached hydrogens (primary N) is 2. The van der Waals surface area contributed by atoms with E-state index >= 15 is 0 Å². The van der Waals surface area contributed by atoms with E-state index in [0.29, 0.717) is 12.2 Å². The number of rotatable bonds is 11. The highest BCUT2D eigenvalue weighted by Crippen LogP contribution is 2.14. The van der Waals surface area contributed by atoms with Crippen LogP contribution in [0.4, 0.5) is 0 Å². The molecule has 0 aromatic rings. The lowest BCUT2D eigenvalue weighted by atomic mass is 10.1. The average molecular weight is 276 g/mol. The van der Waals surface area contributed by atoms with E-state index in [1.54, 1.807) is 0 Å². The molecule has 0 aromatic carbocycles. The zero-order chi connectivity index (χ0) is 14.0. The average Bonchev–Trinajstić information content (AvgIpc) is 2.25. The van der Waals surface area contributed by atoms with E-state index < -0.39 is 23.0 Å². The van der Waals surface area contributed by atoms with Crippen molar-refractivity contribution in [1.29, 1.82) is 0 Å². The van der Waals surface area contributed by atoms with Gasteiger partial charge in [-0.1, -0.05) is 19.3 Å². The van der Waals surface area contributed by atoms with Crippen LogP contribution >= 0.6 is 11.8 Å². The Labute approximate surface area is 110 Å². The molecule has 6 nitrogen and oxygen atoms in total. The summed E-state index contributed by atoms with van der Waals surface area (Å²) in [5.74, 6) is -1.52. The van der Waals surface area contributed by atoms with Crippen LogP contribution in [-0.2, 0) is 14.4 Å². The van der Waals surface area contributed by atoms with Gasteiger partial charge in [0, 0.05) is 6.42 Å². The van der Waals surface area contributed by atoms with Crippen molar-refractivity contribution in [3.8, 4) is 0 Å². The zero-order valence-electron chi connectivity index (χ0n) is 10.3. The van der Waals surface area contributed by atoms with Crippen molar-refractivity contribution < 1.29 is 19.5 Å². The number of hydrogen-bond acceptors (Lipinski definition) is 4. The molecule has 0 rings (SSSR count). The number of amides is 2. The Morgan fingerprint density at radius 3 is 1.94 bits per heavy atom. The monoisotopic (exact) mass is 276 g/mol. The standard InChI is InChI=1S/C11H20N2O4S/c12-10(16)9(11(13)17)18-7-5-3-1-2-4-6-8(14)15/h9H,1-7H2,(H2,12,16)(H2,13,17)(H,14,15). The Bertz CT molecular complexity index is 283. The van der Waals surface area contributed by atoms with Crippen LogP contribution in [0.15, 0.2) is 0 Å². The molecular formula is C11H20N2O4S. The molecular weight excluding hydrogens is 256 g/mol. The number of carboxylic acids is 1. The van der Waals surface area contributed by atoms with E-state index in [2.05, 4.69) is 0 Å². The second-order valence-electron chi connectivity index (χ2n) is 3.97. The van der Waals surface area contributed by atoms with Crippen molar-refractivity contribution in [2.45, 2.75) is 43.8 Å². The molecule has 0 atom stereocenters. The molecule has 0 heterocycles. The van der Waals surface area contributed by atoms with E-state index in [1.165, 1.54) is 0 Å². The Kier molecular flexibility index (Phi) is 9.08. The van der Waals surface area contributed by atoms with Crippen molar-refractivity contribution in [2.75, 3.05) is 5.75 Å². The second kappa shape index (κ2) is 9.76. The molecule has 2 amide bonds. The summed E-state index contributed by atoms with van der Waals surface area (Å²) in [6, 6.07) is 0. The SMILES string of the molecule is NC(=O)C(SCCCCCCCC(=O)O)C(N)=O. The summed E-state index contributed by atoms with van der Waals surface area (Å²) >= 11 is 1.16. The predicted octanol–water partition coefficient (Wildman–Crippen LogP) is 0.484. The second-order valence-corrected chi connectivity index (χ2v) is 5.18. The van der Waals surface area contributed by atoms with Gasteiger partial charge in [0.25, 0.3) is 0 Å². The topological polar surface area (TPSA) is 123 Å². The number of thioether (sulfide) groups is 1. The van der Waals surface area contributed by atoms with E-state index in [-0.39, 0.29) is 6.42 Å². The third kappa shape index (κ3) is 8.86. The lowest BCUT2D eigenvalue weighted by Crippen LogP contribution is -2.38. The quantitative estimate of drug-likeness (QED) is 0.374. The van der Waals surface area contributed by atoms with Gasteiger partial charge in [0.1, 0.15) is 0 Å². The molecule has 18 heavy (non-hydrogen) atoms. The molecule has 0 fully saturated rings. The van der Waals surface area contributed by atoms with Crippen LogP contribution in [0.5, 0.6) is 0 Å². The minimum atomic E-state index is -0.947. The maximum Gasteiger partial charge on any atom is 0.303 e. The van der Waals surface area contributed by atoms with E-state index in [9.17, 15) is 14.4 Å². The minimum Gasteiger partial charge on any atom is -0.481 e. The van der Waals surface area contributed by atoms with Gasteiger partial charge in [-0.2, -0.15) is 0 Å². The number of unbranched alkanes of at least 4 members (excludes halogenated alkanes) is 4. The van der Waals surface area contributed by atoms with Gasteiger partial charge < -0.3 is 16.6 Å². The van der Waals surface area contributed by atoms with Crippen molar-refractivity contribution in [3.63, 3.8) is 0 Å². The number of carboxylic acid groups (broad SMARTS) is 1. The van der Waals surface area contributed by atoms with Gasteiger partial charge in [0.05, 0.1) is 0 Å². The first kappa shape index (κ1) is 16.8. The van der Waals surface area contributed by atoms with Crippen LogP contribution < -0.4 is 11.5 Å². The maximum atomic E-state index is 10.9. The molecule has 0 aliphatic rings. The molecule has 0 saturated heterocycles. The first-order valence-electron chi connectivity index (χ1n) is 5.87. The summed E-state index contributed by atoms with van der Waals surface area (Å²) in [6.07, 6.45) is 4.52. The number of carbonyl (C=O) groups excluding carboxylic acids is 2. The Morgan fingerprint density at radius 2 is 1.44 bits per heavy atom. The highest BCUT2D eigenvalue weighted by Gasteiger charge is 2.21. The maximum absolute atomic E-state index is 10.9. The fraction of sp³-hybridized carbons (Fsp3) is 0.727. The molecule has 0 unspecified atom stereocenters. The van der Waals surface area contributed by atoms with Gasteiger partial charge in [-0.15, -0.1) is 11.8 Å². The van der Waals surface area contributed by atoms with Crippen molar-refractivity contribution in [3.05, 3.63) is 0 Å². The van der Waals surface area contributed by atoms with E-state index in [1.807, 2.05) is 0 Å². The van der Waals surface area contributed by atoms with Gasteiger partial charge in [-0.05, 0) is 18.6 Å². The minimum absolute atomic E-state index is 0.209. The Hall–Kier alpha value is -1.24. The highest BCUT2D eigenvalue weighted by molar-refractivity contribution is 8.01. The summed E-state index contributed by atoms with van der Waals surface area (Å²) < 4.78 is 0. The van der Waals surface area contributed by atoms with Crippen LogP contribution in [0, 0.1) is 0 Å². The molecule has 0 spiro atoms. The summed E-state index contributed by atoms with van der Waals surface area (Å²) in [5, 5.41) is 7.48. The molecule has 5 N–H and O–H groups in total. The third-order valence-electron chi connectivity index (χ3n) is 2.34. The summed E-state index contributed by atoms with van der Waals surface area (Å²) in [7, 11) is 0. The summed E-state index contributed by atoms with van der Waals surface area (Å²) in [4.78, 5) is 32.0. The normalized spacial score (nSPS) is 10.5. The van der Waals surface area contributed by atoms with Gasteiger partial charge in [-0.25, -0.2) is 0 Å². The van der Waals surface area contributed by atoms with Gasteiger partial charge >= 0.3 is 5.97 Å².